The van der Waals surface area contributed by atoms with Gasteiger partial charge in [0.1, 0.15) is 5.92 Å². The summed E-state index contributed by atoms with van der Waals surface area (Å²) in [5, 5.41) is 0. The van der Waals surface area contributed by atoms with Gasteiger partial charge in [-0.25, -0.2) is 0 Å². The molecule has 2 atom stereocenters. The largest absolute Gasteiger partial charge is 0.493 e. The summed E-state index contributed by atoms with van der Waals surface area (Å²) in [5.74, 6) is -0.787. The number of hydrogen-bond donors (Lipinski definition) is 0. The highest BCUT2D eigenvalue weighted by Crippen LogP contribution is 2.50. The number of Topliss-reactive ketones (excluding diaryl/α,β-unsaturated/α-hetero) is 1. The Morgan fingerprint density at radius 3 is 2.48 bits per heavy atom. The fourth-order valence-electron chi connectivity index (χ4n) is 4.33. The molecular weight excluding hydrogens is 462 g/mol. The van der Waals surface area contributed by atoms with Crippen LogP contribution in [0.15, 0.2) is 51.4 Å². The van der Waals surface area contributed by atoms with Crippen LogP contribution in [-0.4, -0.2) is 38.3 Å². The Bertz CT molecular complexity index is 1150. The van der Waals surface area contributed by atoms with Crippen molar-refractivity contribution in [3.05, 3.63) is 63.1 Å². The minimum Gasteiger partial charge on any atom is -0.493 e. The van der Waals surface area contributed by atoms with Crippen LogP contribution < -0.4 is 9.47 Å². The number of allylic oxidation sites excluding steroid dienone is 1. The Balaban J connectivity index is 1.98. The maximum atomic E-state index is 13.5. The zero-order valence-corrected chi connectivity index (χ0v) is 19.3. The number of halogens is 1. The molecule has 0 amide bonds. The fourth-order valence-corrected chi connectivity index (χ4v) is 4.90. The SMILES string of the molecule is CCOc1cc(C2C3=C(N=C(C)C2C(=O)OC)c2ccccc2C3=O)c(Br)cc1OC. The highest BCUT2D eigenvalue weighted by molar-refractivity contribution is 9.10. The summed E-state index contributed by atoms with van der Waals surface area (Å²) < 4.78 is 17.0. The van der Waals surface area contributed by atoms with Gasteiger partial charge in [0.05, 0.1) is 26.5 Å². The summed E-state index contributed by atoms with van der Waals surface area (Å²) in [6.45, 7) is 4.12. The van der Waals surface area contributed by atoms with Gasteiger partial charge in [-0.1, -0.05) is 40.2 Å². The van der Waals surface area contributed by atoms with E-state index in [-0.39, 0.29) is 5.78 Å². The van der Waals surface area contributed by atoms with Crippen molar-refractivity contribution in [3.63, 3.8) is 0 Å². The number of rotatable bonds is 5. The van der Waals surface area contributed by atoms with Crippen LogP contribution in [0.4, 0.5) is 0 Å². The van der Waals surface area contributed by atoms with E-state index in [9.17, 15) is 9.59 Å². The summed E-state index contributed by atoms with van der Waals surface area (Å²) in [7, 11) is 2.91. The van der Waals surface area contributed by atoms with Gasteiger partial charge in [-0.3, -0.25) is 14.6 Å². The van der Waals surface area contributed by atoms with Crippen molar-refractivity contribution in [1.29, 1.82) is 0 Å². The molecule has 0 fully saturated rings. The van der Waals surface area contributed by atoms with E-state index in [4.69, 9.17) is 14.2 Å². The molecule has 0 saturated carbocycles. The lowest BCUT2D eigenvalue weighted by atomic mass is 9.75. The number of hydrogen-bond acceptors (Lipinski definition) is 6. The van der Waals surface area contributed by atoms with E-state index in [0.29, 0.717) is 45.1 Å². The smallest absolute Gasteiger partial charge is 0.315 e. The lowest BCUT2D eigenvalue weighted by Gasteiger charge is -2.31. The third-order valence-corrected chi connectivity index (χ3v) is 6.37. The van der Waals surface area contributed by atoms with E-state index >= 15 is 0 Å². The molecular formula is C24H22BrNO5. The Labute approximate surface area is 189 Å². The van der Waals surface area contributed by atoms with Crippen LogP contribution in [0.5, 0.6) is 11.5 Å². The monoisotopic (exact) mass is 483 g/mol. The van der Waals surface area contributed by atoms with Gasteiger partial charge < -0.3 is 14.2 Å². The second-order valence-electron chi connectivity index (χ2n) is 7.33. The average molecular weight is 484 g/mol. The minimum atomic E-state index is -0.735. The van der Waals surface area contributed by atoms with Crippen LogP contribution in [0.1, 0.15) is 41.3 Å². The number of aliphatic imine (C=N–C) groups is 1. The van der Waals surface area contributed by atoms with E-state index < -0.39 is 17.8 Å². The third kappa shape index (κ3) is 3.37. The topological polar surface area (TPSA) is 74.2 Å². The van der Waals surface area contributed by atoms with Gasteiger partial charge >= 0.3 is 5.97 Å². The standard InChI is InChI=1S/C24H22BrNO5/c1-5-31-18-10-15(16(25)11-17(18)29-3)20-19(24(28)30-4)12(2)26-22-13-8-6-7-9-14(13)23(27)21(20)22/h6-11,19-20H,5H2,1-4H3. The first kappa shape index (κ1) is 21.3. The first-order chi connectivity index (χ1) is 14.9. The van der Waals surface area contributed by atoms with E-state index in [1.165, 1.54) is 7.11 Å². The molecule has 0 radical (unpaired) electrons. The first-order valence-corrected chi connectivity index (χ1v) is 10.7. The van der Waals surface area contributed by atoms with E-state index in [0.717, 1.165) is 11.1 Å². The maximum absolute atomic E-state index is 13.5. The number of nitrogens with zero attached hydrogens (tertiary/aromatic N) is 1. The number of fused-ring (bicyclic) bond motifs is 2. The molecule has 1 aliphatic heterocycles. The molecule has 2 unspecified atom stereocenters. The van der Waals surface area contributed by atoms with Crippen LogP contribution in [0, 0.1) is 5.92 Å². The van der Waals surface area contributed by atoms with Gasteiger partial charge in [-0.05, 0) is 31.5 Å². The molecule has 0 saturated heterocycles. The molecule has 7 heteroatoms. The summed E-state index contributed by atoms with van der Waals surface area (Å²) in [5.41, 5.74) is 3.82. The molecule has 6 nitrogen and oxygen atoms in total. The summed E-state index contributed by atoms with van der Waals surface area (Å²) in [4.78, 5) is 31.0. The first-order valence-electron chi connectivity index (χ1n) is 9.94. The molecule has 2 aliphatic rings. The molecule has 0 spiro atoms. The summed E-state index contributed by atoms with van der Waals surface area (Å²) in [6, 6.07) is 11.0. The van der Waals surface area contributed by atoms with Gasteiger partial charge in [0.2, 0.25) is 0 Å². The van der Waals surface area contributed by atoms with E-state index in [1.54, 1.807) is 26.2 Å². The van der Waals surface area contributed by atoms with Crippen molar-refractivity contribution in [2.75, 3.05) is 20.8 Å². The molecule has 31 heavy (non-hydrogen) atoms. The van der Waals surface area contributed by atoms with Crippen LogP contribution in [0.2, 0.25) is 0 Å². The molecule has 4 rings (SSSR count). The number of esters is 1. The Hall–Kier alpha value is -2.93. The minimum absolute atomic E-state index is 0.124. The molecule has 2 aromatic carbocycles. The fraction of sp³-hybridized carbons (Fsp3) is 0.292. The quantitative estimate of drug-likeness (QED) is 0.570. The second-order valence-corrected chi connectivity index (χ2v) is 8.18. The average Bonchev–Trinajstić information content (AvgIpc) is 3.05. The van der Waals surface area contributed by atoms with Crippen molar-refractivity contribution >= 4 is 39.1 Å². The van der Waals surface area contributed by atoms with Crippen molar-refractivity contribution in [2.45, 2.75) is 19.8 Å². The number of ketones is 1. The summed E-state index contributed by atoms with van der Waals surface area (Å²) >= 11 is 3.62. The van der Waals surface area contributed by atoms with Crippen LogP contribution in [0.25, 0.3) is 5.70 Å². The van der Waals surface area contributed by atoms with Gasteiger partial charge in [0, 0.05) is 32.8 Å². The van der Waals surface area contributed by atoms with Crippen molar-refractivity contribution in [1.82, 2.24) is 0 Å². The zero-order valence-electron chi connectivity index (χ0n) is 17.7. The van der Waals surface area contributed by atoms with Crippen molar-refractivity contribution in [3.8, 4) is 11.5 Å². The molecule has 1 aliphatic carbocycles. The predicted octanol–water partition coefficient (Wildman–Crippen LogP) is 4.81. The Kier molecular flexibility index (Phi) is 5.71. The van der Waals surface area contributed by atoms with Gasteiger partial charge in [-0.2, -0.15) is 0 Å². The Morgan fingerprint density at radius 2 is 1.84 bits per heavy atom. The maximum Gasteiger partial charge on any atom is 0.315 e. The molecule has 160 valence electrons. The predicted molar refractivity (Wildman–Crippen MR) is 121 cm³/mol. The van der Waals surface area contributed by atoms with Crippen molar-refractivity contribution < 1.29 is 23.8 Å². The van der Waals surface area contributed by atoms with Crippen LogP contribution in [0.3, 0.4) is 0 Å². The van der Waals surface area contributed by atoms with Gasteiger partial charge in [0.25, 0.3) is 0 Å². The lowest BCUT2D eigenvalue weighted by Crippen LogP contribution is -2.34. The molecule has 0 aromatic heterocycles. The molecule has 2 aromatic rings. The summed E-state index contributed by atoms with van der Waals surface area (Å²) in [6.07, 6.45) is 0. The van der Waals surface area contributed by atoms with Crippen LogP contribution in [-0.2, 0) is 9.53 Å². The van der Waals surface area contributed by atoms with Gasteiger partial charge in [-0.15, -0.1) is 0 Å². The number of ether oxygens (including phenoxy) is 3. The number of carbonyl (C=O) groups is 2. The van der Waals surface area contributed by atoms with E-state index in [2.05, 4.69) is 20.9 Å². The highest BCUT2D eigenvalue weighted by Gasteiger charge is 2.46. The third-order valence-electron chi connectivity index (χ3n) is 5.68. The zero-order chi connectivity index (χ0) is 22.3. The Morgan fingerprint density at radius 1 is 1.13 bits per heavy atom. The number of benzene rings is 2. The lowest BCUT2D eigenvalue weighted by molar-refractivity contribution is -0.143. The van der Waals surface area contributed by atoms with Gasteiger partial charge in [0.15, 0.2) is 17.3 Å². The van der Waals surface area contributed by atoms with Crippen LogP contribution >= 0.6 is 15.9 Å². The van der Waals surface area contributed by atoms with E-state index in [1.807, 2.05) is 31.2 Å². The van der Waals surface area contributed by atoms with Crippen molar-refractivity contribution in [2.24, 2.45) is 10.9 Å². The molecule has 0 bridgehead atoms. The highest BCUT2D eigenvalue weighted by atomic mass is 79.9. The number of methoxy groups -OCH3 is 2. The normalized spacial score (nSPS) is 19.5. The molecule has 1 heterocycles. The molecule has 0 N–H and O–H groups in total. The number of carbonyl (C=O) groups excluding carboxylic acids is 2. The second kappa shape index (κ2) is 8.30.